The van der Waals surface area contributed by atoms with Gasteiger partial charge in [-0.05, 0) is 20.8 Å². The van der Waals surface area contributed by atoms with Crippen LogP contribution < -0.4 is 0 Å². The summed E-state index contributed by atoms with van der Waals surface area (Å²) < 4.78 is 1.80. The minimum atomic E-state index is -0.916. The van der Waals surface area contributed by atoms with E-state index in [-0.39, 0.29) is 11.0 Å². The Balaban J connectivity index is 3.50. The first-order valence-corrected chi connectivity index (χ1v) is 5.37. The zero-order chi connectivity index (χ0) is 12.7. The lowest BCUT2D eigenvalue weighted by Gasteiger charge is -2.29. The number of rotatable bonds is 1. The lowest BCUT2D eigenvalue weighted by Crippen LogP contribution is -2.31. The Kier molecular flexibility index (Phi) is 2.88. The molecule has 4 heteroatoms. The van der Waals surface area contributed by atoms with E-state index in [0.717, 1.165) is 5.69 Å². The van der Waals surface area contributed by atoms with Crippen molar-refractivity contribution < 1.29 is 9.90 Å². The molecule has 90 valence electrons. The summed E-state index contributed by atoms with van der Waals surface area (Å²) in [4.78, 5) is 11.2. The molecule has 0 radical (unpaired) electrons. The van der Waals surface area contributed by atoms with Crippen LogP contribution in [0.4, 0.5) is 0 Å². The molecular formula is C12H20N2O2. The highest BCUT2D eigenvalue weighted by molar-refractivity contribution is 5.89. The van der Waals surface area contributed by atoms with E-state index in [1.807, 2.05) is 41.5 Å². The number of nitrogens with zero attached hydrogens (tertiary/aromatic N) is 2. The van der Waals surface area contributed by atoms with Gasteiger partial charge in [0.05, 0.1) is 17.4 Å². The Morgan fingerprint density at radius 2 is 1.75 bits per heavy atom. The van der Waals surface area contributed by atoms with Gasteiger partial charge >= 0.3 is 5.97 Å². The highest BCUT2D eigenvalue weighted by Crippen LogP contribution is 2.29. The first-order valence-electron chi connectivity index (χ1n) is 5.37. The van der Waals surface area contributed by atoms with Crippen molar-refractivity contribution in [2.24, 2.45) is 0 Å². The van der Waals surface area contributed by atoms with Gasteiger partial charge in [-0.3, -0.25) is 4.68 Å². The van der Waals surface area contributed by atoms with Crippen LogP contribution >= 0.6 is 0 Å². The SMILES string of the molecule is CC(C)(C)c1c(C(=O)O)cnn1C(C)(C)C. The number of aromatic carboxylic acids is 1. The Morgan fingerprint density at radius 3 is 2.06 bits per heavy atom. The molecule has 0 aromatic carbocycles. The second-order valence-corrected chi connectivity index (χ2v) is 6.04. The molecule has 1 heterocycles. The number of carbonyl (C=O) groups is 1. The third kappa shape index (κ3) is 2.26. The maximum atomic E-state index is 11.2. The van der Waals surface area contributed by atoms with Crippen LogP contribution in [0.1, 0.15) is 57.6 Å². The predicted molar refractivity (Wildman–Crippen MR) is 62.9 cm³/mol. The molecule has 0 fully saturated rings. The lowest BCUT2D eigenvalue weighted by atomic mass is 9.88. The number of hydrogen-bond donors (Lipinski definition) is 1. The van der Waals surface area contributed by atoms with Gasteiger partial charge in [-0.15, -0.1) is 0 Å². The van der Waals surface area contributed by atoms with Crippen LogP contribution in [0.15, 0.2) is 6.20 Å². The zero-order valence-electron chi connectivity index (χ0n) is 10.8. The van der Waals surface area contributed by atoms with E-state index in [0.29, 0.717) is 5.56 Å². The number of carboxylic acids is 1. The average molecular weight is 224 g/mol. The standard InChI is InChI=1S/C12H20N2O2/c1-11(2,3)9-8(10(15)16)7-13-14(9)12(4,5)6/h7H,1-6H3,(H,15,16). The van der Waals surface area contributed by atoms with Crippen molar-refractivity contribution in [1.82, 2.24) is 9.78 Å². The van der Waals surface area contributed by atoms with Crippen LogP contribution in [-0.2, 0) is 11.0 Å². The van der Waals surface area contributed by atoms with Gasteiger partial charge in [-0.2, -0.15) is 5.10 Å². The fourth-order valence-corrected chi connectivity index (χ4v) is 1.74. The molecule has 0 saturated carbocycles. The molecule has 0 aliphatic heterocycles. The van der Waals surface area contributed by atoms with Crippen LogP contribution in [0.2, 0.25) is 0 Å². The van der Waals surface area contributed by atoms with E-state index in [2.05, 4.69) is 5.10 Å². The van der Waals surface area contributed by atoms with Crippen LogP contribution in [0.3, 0.4) is 0 Å². The van der Waals surface area contributed by atoms with Crippen LogP contribution in [0.25, 0.3) is 0 Å². The summed E-state index contributed by atoms with van der Waals surface area (Å²) in [5.74, 6) is -0.916. The molecule has 0 bridgehead atoms. The largest absolute Gasteiger partial charge is 0.478 e. The molecule has 4 nitrogen and oxygen atoms in total. The quantitative estimate of drug-likeness (QED) is 0.797. The van der Waals surface area contributed by atoms with Gasteiger partial charge in [0.25, 0.3) is 0 Å². The molecule has 0 spiro atoms. The Labute approximate surface area is 96.3 Å². The normalized spacial score (nSPS) is 12.9. The van der Waals surface area contributed by atoms with Crippen molar-refractivity contribution in [2.45, 2.75) is 52.5 Å². The van der Waals surface area contributed by atoms with Crippen molar-refractivity contribution in [3.8, 4) is 0 Å². The summed E-state index contributed by atoms with van der Waals surface area (Å²) in [6.45, 7) is 12.0. The van der Waals surface area contributed by atoms with Gasteiger partial charge in [0.15, 0.2) is 0 Å². The van der Waals surface area contributed by atoms with Crippen molar-refractivity contribution in [2.75, 3.05) is 0 Å². The van der Waals surface area contributed by atoms with E-state index >= 15 is 0 Å². The molecule has 1 aromatic rings. The third-order valence-electron chi connectivity index (χ3n) is 2.35. The molecule has 1 aromatic heterocycles. The van der Waals surface area contributed by atoms with Gasteiger partial charge in [0, 0.05) is 5.41 Å². The van der Waals surface area contributed by atoms with Crippen LogP contribution in [0.5, 0.6) is 0 Å². The summed E-state index contributed by atoms with van der Waals surface area (Å²) in [6.07, 6.45) is 1.44. The molecule has 1 N–H and O–H groups in total. The van der Waals surface area contributed by atoms with E-state index in [4.69, 9.17) is 5.11 Å². The summed E-state index contributed by atoms with van der Waals surface area (Å²) >= 11 is 0. The smallest absolute Gasteiger partial charge is 0.339 e. The number of aromatic nitrogens is 2. The highest BCUT2D eigenvalue weighted by Gasteiger charge is 2.31. The van der Waals surface area contributed by atoms with Crippen LogP contribution in [0, 0.1) is 0 Å². The van der Waals surface area contributed by atoms with E-state index in [9.17, 15) is 4.79 Å². The molecular weight excluding hydrogens is 204 g/mol. The zero-order valence-corrected chi connectivity index (χ0v) is 10.8. The molecule has 0 amide bonds. The monoisotopic (exact) mass is 224 g/mol. The minimum Gasteiger partial charge on any atom is -0.478 e. The first-order chi connectivity index (χ1) is 7.05. The lowest BCUT2D eigenvalue weighted by molar-refractivity contribution is 0.0693. The van der Waals surface area contributed by atoms with E-state index in [1.165, 1.54) is 6.20 Å². The molecule has 0 saturated heterocycles. The summed E-state index contributed by atoms with van der Waals surface area (Å²) in [6, 6.07) is 0. The second-order valence-electron chi connectivity index (χ2n) is 6.04. The van der Waals surface area contributed by atoms with Gasteiger partial charge in [0.2, 0.25) is 0 Å². The summed E-state index contributed by atoms with van der Waals surface area (Å²) in [5.41, 5.74) is 0.614. The van der Waals surface area contributed by atoms with E-state index < -0.39 is 5.97 Å². The number of carboxylic acid groups (broad SMARTS) is 1. The summed E-state index contributed by atoms with van der Waals surface area (Å²) in [5, 5.41) is 13.4. The maximum absolute atomic E-state index is 11.2. The van der Waals surface area contributed by atoms with Gasteiger partial charge < -0.3 is 5.11 Å². The highest BCUT2D eigenvalue weighted by atomic mass is 16.4. The Morgan fingerprint density at radius 1 is 1.25 bits per heavy atom. The minimum absolute atomic E-state index is 0.212. The fourth-order valence-electron chi connectivity index (χ4n) is 1.74. The molecule has 16 heavy (non-hydrogen) atoms. The van der Waals surface area contributed by atoms with Crippen molar-refractivity contribution >= 4 is 5.97 Å². The molecule has 0 atom stereocenters. The van der Waals surface area contributed by atoms with Crippen molar-refractivity contribution in [3.63, 3.8) is 0 Å². The molecule has 0 aliphatic rings. The van der Waals surface area contributed by atoms with E-state index in [1.54, 1.807) is 4.68 Å². The van der Waals surface area contributed by atoms with Gasteiger partial charge in [-0.25, -0.2) is 4.79 Å². The molecule has 1 rings (SSSR count). The second kappa shape index (κ2) is 3.61. The third-order valence-corrected chi connectivity index (χ3v) is 2.35. The van der Waals surface area contributed by atoms with Gasteiger partial charge in [-0.1, -0.05) is 20.8 Å². The van der Waals surface area contributed by atoms with Gasteiger partial charge in [0.1, 0.15) is 5.56 Å². The van der Waals surface area contributed by atoms with Crippen molar-refractivity contribution in [1.29, 1.82) is 0 Å². The molecule has 0 unspecified atom stereocenters. The predicted octanol–water partition coefficient (Wildman–Crippen LogP) is 2.63. The average Bonchev–Trinajstić information content (AvgIpc) is 2.43. The topological polar surface area (TPSA) is 55.1 Å². The first kappa shape index (κ1) is 12.7. The number of hydrogen-bond acceptors (Lipinski definition) is 2. The Hall–Kier alpha value is -1.32. The summed E-state index contributed by atoms with van der Waals surface area (Å²) in [7, 11) is 0. The fraction of sp³-hybridized carbons (Fsp3) is 0.667. The maximum Gasteiger partial charge on any atom is 0.339 e. The Bertz CT molecular complexity index is 406. The molecule has 0 aliphatic carbocycles. The van der Waals surface area contributed by atoms with Crippen molar-refractivity contribution in [3.05, 3.63) is 17.5 Å². The van der Waals surface area contributed by atoms with Crippen LogP contribution in [-0.4, -0.2) is 20.9 Å².